The number of nitrogens with one attached hydrogen (secondary N) is 2. The molecule has 2 aromatic carbocycles. The number of benzene rings is 2. The van der Waals surface area contributed by atoms with Crippen LogP contribution in [-0.4, -0.2) is 46.0 Å². The number of hydrogen-bond acceptors (Lipinski definition) is 6. The minimum atomic E-state index is -0.137. The minimum Gasteiger partial charge on any atom is -0.497 e. The van der Waals surface area contributed by atoms with Gasteiger partial charge in [0.2, 0.25) is 0 Å². The number of ether oxygens (including phenoxy) is 2. The van der Waals surface area contributed by atoms with Crippen LogP contribution in [0, 0.1) is 5.92 Å². The van der Waals surface area contributed by atoms with Crippen molar-refractivity contribution < 1.29 is 14.3 Å². The molecule has 1 aliphatic carbocycles. The van der Waals surface area contributed by atoms with Crippen LogP contribution in [0.1, 0.15) is 47.8 Å². The van der Waals surface area contributed by atoms with Crippen molar-refractivity contribution in [3.63, 3.8) is 0 Å². The lowest BCUT2D eigenvalue weighted by molar-refractivity contribution is 0.0939. The highest BCUT2D eigenvalue weighted by molar-refractivity contribution is 5.97. The van der Waals surface area contributed by atoms with Gasteiger partial charge in [-0.25, -0.2) is 9.97 Å². The molecule has 1 fully saturated rings. The van der Waals surface area contributed by atoms with Gasteiger partial charge < -0.3 is 25.5 Å². The van der Waals surface area contributed by atoms with Crippen LogP contribution in [0.25, 0.3) is 27.8 Å². The zero-order chi connectivity index (χ0) is 26.9. The van der Waals surface area contributed by atoms with Gasteiger partial charge in [0, 0.05) is 41.8 Å². The molecule has 3 heterocycles. The fourth-order valence-electron chi connectivity index (χ4n) is 5.71. The van der Waals surface area contributed by atoms with Gasteiger partial charge in [0.15, 0.2) is 0 Å². The third-order valence-corrected chi connectivity index (χ3v) is 7.81. The summed E-state index contributed by atoms with van der Waals surface area (Å²) < 4.78 is 12.7. The molecule has 5 aromatic rings. The number of para-hydroxylation sites is 1. The Hall–Kier alpha value is -4.53. The lowest BCUT2D eigenvalue weighted by Gasteiger charge is -2.28. The van der Waals surface area contributed by atoms with Crippen LogP contribution >= 0.6 is 0 Å². The molecule has 1 saturated carbocycles. The largest absolute Gasteiger partial charge is 0.497 e. The third kappa shape index (κ3) is 4.65. The lowest BCUT2D eigenvalue weighted by Crippen LogP contribution is -2.31. The smallest absolute Gasteiger partial charge is 0.255 e. The van der Waals surface area contributed by atoms with E-state index in [4.69, 9.17) is 20.2 Å². The summed E-state index contributed by atoms with van der Waals surface area (Å²) in [4.78, 5) is 25.8. The summed E-state index contributed by atoms with van der Waals surface area (Å²) >= 11 is 0. The van der Waals surface area contributed by atoms with Crippen LogP contribution in [0.2, 0.25) is 0 Å². The van der Waals surface area contributed by atoms with E-state index in [1.54, 1.807) is 38.6 Å². The van der Waals surface area contributed by atoms with Crippen LogP contribution in [0.3, 0.4) is 0 Å². The number of fused-ring (bicyclic) bond motifs is 2. The van der Waals surface area contributed by atoms with Crippen molar-refractivity contribution in [3.05, 3.63) is 72.3 Å². The molecule has 0 radical (unpaired) electrons. The van der Waals surface area contributed by atoms with E-state index in [0.29, 0.717) is 41.3 Å². The van der Waals surface area contributed by atoms with E-state index in [9.17, 15) is 4.79 Å². The van der Waals surface area contributed by atoms with E-state index in [0.717, 1.165) is 59.3 Å². The van der Waals surface area contributed by atoms with Gasteiger partial charge in [-0.05, 0) is 55.9 Å². The molecular formula is C30H32N6O3. The monoisotopic (exact) mass is 524 g/mol. The van der Waals surface area contributed by atoms with Crippen LogP contribution in [0.5, 0.6) is 11.5 Å². The van der Waals surface area contributed by atoms with Crippen molar-refractivity contribution in [2.24, 2.45) is 5.92 Å². The van der Waals surface area contributed by atoms with Crippen LogP contribution < -0.4 is 20.5 Å². The second-order valence-electron chi connectivity index (χ2n) is 10.1. The maximum atomic E-state index is 12.9. The molecule has 0 unspecified atom stereocenters. The van der Waals surface area contributed by atoms with E-state index in [1.807, 2.05) is 18.3 Å². The van der Waals surface area contributed by atoms with Crippen molar-refractivity contribution in [1.82, 2.24) is 24.7 Å². The number of hydrogen-bond donors (Lipinski definition) is 3. The summed E-state index contributed by atoms with van der Waals surface area (Å²) in [5.41, 5.74) is 10.5. The Labute approximate surface area is 226 Å². The number of carbonyl (C=O) groups excluding carboxylic acids is 1. The average molecular weight is 525 g/mol. The molecule has 1 aliphatic rings. The zero-order valence-corrected chi connectivity index (χ0v) is 22.1. The Kier molecular flexibility index (Phi) is 6.56. The summed E-state index contributed by atoms with van der Waals surface area (Å²) in [7, 11) is 3.14. The third-order valence-electron chi connectivity index (χ3n) is 7.81. The second-order valence-corrected chi connectivity index (χ2v) is 10.1. The van der Waals surface area contributed by atoms with Gasteiger partial charge in [0.25, 0.3) is 5.91 Å². The molecule has 9 heteroatoms. The molecule has 0 saturated heterocycles. The number of amides is 1. The predicted molar refractivity (Wildman–Crippen MR) is 151 cm³/mol. The summed E-state index contributed by atoms with van der Waals surface area (Å²) in [6.07, 6.45) is 7.66. The summed E-state index contributed by atoms with van der Waals surface area (Å²) in [5.74, 6) is 3.20. The molecule has 4 N–H and O–H groups in total. The molecule has 0 spiro atoms. The molecule has 200 valence electrons. The zero-order valence-electron chi connectivity index (χ0n) is 22.1. The maximum absolute atomic E-state index is 12.9. The molecule has 3 aromatic heterocycles. The summed E-state index contributed by atoms with van der Waals surface area (Å²) in [6, 6.07) is 15.5. The van der Waals surface area contributed by atoms with Crippen molar-refractivity contribution in [1.29, 1.82) is 0 Å². The van der Waals surface area contributed by atoms with E-state index in [1.165, 1.54) is 0 Å². The van der Waals surface area contributed by atoms with Gasteiger partial charge in [-0.3, -0.25) is 9.20 Å². The Morgan fingerprint density at radius 1 is 1.10 bits per heavy atom. The standard InChI is InChI=1S/C30H32N6O3/c1-38-21-11-12-22(25(16-21)39-2)30(37)33-17-18-7-9-19(10-8-18)29-35-26(27-28(31)32-13-14-36(27)29)24-15-20-5-3-4-6-23(20)34-24/h3-6,11-16,18-19,34H,7-10,17H2,1-2H3,(H2,31,32)(H,33,37)/t18-,19-. The molecule has 6 rings (SSSR count). The molecule has 1 amide bonds. The fourth-order valence-corrected chi connectivity index (χ4v) is 5.71. The van der Waals surface area contributed by atoms with E-state index in [-0.39, 0.29) is 5.91 Å². The quantitative estimate of drug-likeness (QED) is 0.270. The van der Waals surface area contributed by atoms with E-state index >= 15 is 0 Å². The van der Waals surface area contributed by atoms with Crippen molar-refractivity contribution in [2.75, 3.05) is 26.5 Å². The first-order chi connectivity index (χ1) is 19.1. The van der Waals surface area contributed by atoms with Gasteiger partial charge in [-0.1, -0.05) is 18.2 Å². The fraction of sp³-hybridized carbons (Fsp3) is 0.300. The van der Waals surface area contributed by atoms with Crippen LogP contribution in [0.4, 0.5) is 5.82 Å². The first kappa shape index (κ1) is 24.8. The number of anilines is 1. The number of carbonyl (C=O) groups is 1. The molecule has 39 heavy (non-hydrogen) atoms. The first-order valence-corrected chi connectivity index (χ1v) is 13.3. The summed E-state index contributed by atoms with van der Waals surface area (Å²) in [6.45, 7) is 0.625. The molecular weight excluding hydrogens is 492 g/mol. The highest BCUT2D eigenvalue weighted by Gasteiger charge is 2.28. The SMILES string of the molecule is COc1ccc(C(=O)NC[C@H]2CC[C@H](c3nc(-c4cc5ccccc5[nH]4)c4c(N)nccn43)CC2)c(OC)c1. The van der Waals surface area contributed by atoms with Gasteiger partial charge in [-0.2, -0.15) is 0 Å². The topological polar surface area (TPSA) is 120 Å². The maximum Gasteiger partial charge on any atom is 0.255 e. The highest BCUT2D eigenvalue weighted by Crippen LogP contribution is 2.38. The number of methoxy groups -OCH3 is 2. The number of nitrogens with zero attached hydrogens (tertiary/aromatic N) is 3. The average Bonchev–Trinajstić information content (AvgIpc) is 3.58. The second kappa shape index (κ2) is 10.3. The van der Waals surface area contributed by atoms with Crippen LogP contribution in [-0.2, 0) is 0 Å². The Morgan fingerprint density at radius 3 is 2.69 bits per heavy atom. The van der Waals surface area contributed by atoms with Gasteiger partial charge >= 0.3 is 0 Å². The van der Waals surface area contributed by atoms with Crippen molar-refractivity contribution >= 4 is 28.1 Å². The Balaban J connectivity index is 1.17. The summed E-state index contributed by atoms with van der Waals surface area (Å²) in [5, 5.41) is 4.23. The Morgan fingerprint density at radius 2 is 1.92 bits per heavy atom. The number of nitrogens with two attached hydrogens (primary N) is 1. The van der Waals surface area contributed by atoms with Crippen LogP contribution in [0.15, 0.2) is 60.9 Å². The number of nitrogen functional groups attached to an aromatic ring is 1. The molecule has 0 aliphatic heterocycles. The predicted octanol–water partition coefficient (Wildman–Crippen LogP) is 5.18. The number of aromatic amines is 1. The number of rotatable bonds is 7. The molecule has 9 nitrogen and oxygen atoms in total. The van der Waals surface area contributed by atoms with E-state index in [2.05, 4.69) is 37.9 Å². The minimum absolute atomic E-state index is 0.137. The number of H-pyrrole nitrogens is 1. The van der Waals surface area contributed by atoms with Crippen molar-refractivity contribution in [3.8, 4) is 22.9 Å². The molecule has 0 bridgehead atoms. The lowest BCUT2D eigenvalue weighted by atomic mass is 9.81. The molecule has 0 atom stereocenters. The van der Waals surface area contributed by atoms with Gasteiger partial charge in [0.05, 0.1) is 25.5 Å². The normalized spacial score (nSPS) is 17.4. The Bertz CT molecular complexity index is 1610. The van der Waals surface area contributed by atoms with E-state index < -0.39 is 0 Å². The van der Waals surface area contributed by atoms with Crippen molar-refractivity contribution in [2.45, 2.75) is 31.6 Å². The first-order valence-electron chi connectivity index (χ1n) is 13.3. The number of imidazole rings is 1. The number of aromatic nitrogens is 4. The highest BCUT2D eigenvalue weighted by atomic mass is 16.5. The van der Waals surface area contributed by atoms with Gasteiger partial charge in [-0.15, -0.1) is 0 Å². The van der Waals surface area contributed by atoms with Gasteiger partial charge in [0.1, 0.15) is 34.4 Å².